The Labute approximate surface area is 144 Å². The highest BCUT2D eigenvalue weighted by molar-refractivity contribution is 5.97. The fourth-order valence-corrected chi connectivity index (χ4v) is 3.10. The van der Waals surface area contributed by atoms with Crippen LogP contribution in [0.2, 0.25) is 0 Å². The van der Waals surface area contributed by atoms with Crippen LogP contribution in [0.4, 0.5) is 0 Å². The molecule has 0 aliphatic carbocycles. The van der Waals surface area contributed by atoms with E-state index in [2.05, 4.69) is 9.97 Å². The second-order valence-electron chi connectivity index (χ2n) is 6.08. The minimum atomic E-state index is -0.0467. The average Bonchev–Trinajstić information content (AvgIpc) is 3.28. The van der Waals surface area contributed by atoms with Crippen molar-refractivity contribution < 1.29 is 14.0 Å². The number of aryl methyl sites for hydroxylation is 1. The van der Waals surface area contributed by atoms with Crippen molar-refractivity contribution in [3.8, 4) is 0 Å². The van der Waals surface area contributed by atoms with Crippen LogP contribution in [0.1, 0.15) is 26.7 Å². The van der Waals surface area contributed by atoms with E-state index < -0.39 is 0 Å². The smallest absolute Gasteiger partial charge is 0.270 e. The Hall–Kier alpha value is -3.09. The highest BCUT2D eigenvalue weighted by Crippen LogP contribution is 2.18. The quantitative estimate of drug-likeness (QED) is 0.775. The van der Waals surface area contributed by atoms with Crippen LogP contribution in [0.25, 0.3) is 11.1 Å². The number of fused-ring (bicyclic) bond motifs is 1. The molecule has 2 aromatic heterocycles. The summed E-state index contributed by atoms with van der Waals surface area (Å²) < 4.78 is 5.44. The zero-order valence-electron chi connectivity index (χ0n) is 13.9. The van der Waals surface area contributed by atoms with Crippen LogP contribution in [0.5, 0.6) is 0 Å². The summed E-state index contributed by atoms with van der Waals surface area (Å²) >= 11 is 0. The highest BCUT2D eigenvalue weighted by Gasteiger charge is 2.26. The molecule has 2 amide bonds. The van der Waals surface area contributed by atoms with Crippen molar-refractivity contribution in [2.45, 2.75) is 6.92 Å². The third-order valence-corrected chi connectivity index (χ3v) is 4.42. The van der Waals surface area contributed by atoms with Gasteiger partial charge in [-0.1, -0.05) is 0 Å². The molecule has 0 unspecified atom stereocenters. The topological polar surface area (TPSA) is 82.4 Å². The van der Waals surface area contributed by atoms with Gasteiger partial charge in [0.25, 0.3) is 11.8 Å². The lowest BCUT2D eigenvalue weighted by Gasteiger charge is -2.34. The van der Waals surface area contributed by atoms with Gasteiger partial charge in [0.15, 0.2) is 11.5 Å². The number of amides is 2. The second kappa shape index (κ2) is 6.08. The maximum Gasteiger partial charge on any atom is 0.270 e. The first-order valence-electron chi connectivity index (χ1n) is 8.21. The molecular formula is C18H18N4O3. The average molecular weight is 338 g/mol. The lowest BCUT2D eigenvalue weighted by molar-refractivity contribution is 0.0533. The second-order valence-corrected chi connectivity index (χ2v) is 6.08. The van der Waals surface area contributed by atoms with Crippen LogP contribution in [0.15, 0.2) is 40.9 Å². The Morgan fingerprint density at radius 3 is 2.48 bits per heavy atom. The molecule has 1 N–H and O–H groups in total. The minimum Gasteiger partial charge on any atom is -0.441 e. The van der Waals surface area contributed by atoms with E-state index in [9.17, 15) is 9.59 Å². The standard InChI is InChI=1S/C18H18N4O3/c1-12-20-15-11-13(4-5-16(15)25-12)17(23)21-7-9-22(10-8-21)18(24)14-3-2-6-19-14/h2-6,11,19H,7-10H2,1H3. The van der Waals surface area contributed by atoms with Crippen LogP contribution in [0, 0.1) is 6.92 Å². The fraction of sp³-hybridized carbons (Fsp3) is 0.278. The van der Waals surface area contributed by atoms with E-state index in [0.717, 1.165) is 0 Å². The summed E-state index contributed by atoms with van der Waals surface area (Å²) in [5, 5.41) is 0. The zero-order chi connectivity index (χ0) is 17.4. The molecule has 1 aliphatic heterocycles. The van der Waals surface area contributed by atoms with Crippen molar-refractivity contribution in [1.29, 1.82) is 0 Å². The Balaban J connectivity index is 1.44. The monoisotopic (exact) mass is 338 g/mol. The molecule has 0 atom stereocenters. The summed E-state index contributed by atoms with van der Waals surface area (Å²) in [5.74, 6) is 0.502. The Bertz CT molecular complexity index is 921. The molecule has 0 saturated carbocycles. The van der Waals surface area contributed by atoms with Gasteiger partial charge in [-0.2, -0.15) is 0 Å². The normalized spacial score (nSPS) is 14.9. The minimum absolute atomic E-state index is 0.0309. The number of carbonyl (C=O) groups excluding carboxylic acids is 2. The van der Waals surface area contributed by atoms with E-state index in [1.165, 1.54) is 0 Å². The third kappa shape index (κ3) is 2.88. The molecule has 25 heavy (non-hydrogen) atoms. The predicted octanol–water partition coefficient (Wildman–Crippen LogP) is 2.06. The van der Waals surface area contributed by atoms with Crippen molar-refractivity contribution in [3.63, 3.8) is 0 Å². The van der Waals surface area contributed by atoms with Crippen LogP contribution in [-0.2, 0) is 0 Å². The van der Waals surface area contributed by atoms with Crippen molar-refractivity contribution >= 4 is 22.9 Å². The molecule has 128 valence electrons. The lowest BCUT2D eigenvalue weighted by Crippen LogP contribution is -2.50. The van der Waals surface area contributed by atoms with Gasteiger partial charge in [-0.25, -0.2) is 4.98 Å². The molecule has 7 heteroatoms. The summed E-state index contributed by atoms with van der Waals surface area (Å²) in [4.78, 5) is 35.8. The fourth-order valence-electron chi connectivity index (χ4n) is 3.10. The summed E-state index contributed by atoms with van der Waals surface area (Å²) in [7, 11) is 0. The number of hydrogen-bond donors (Lipinski definition) is 1. The highest BCUT2D eigenvalue weighted by atomic mass is 16.3. The number of H-pyrrole nitrogens is 1. The van der Waals surface area contributed by atoms with Crippen LogP contribution in [0.3, 0.4) is 0 Å². The van der Waals surface area contributed by atoms with Crippen molar-refractivity contribution in [2.24, 2.45) is 0 Å². The largest absolute Gasteiger partial charge is 0.441 e. The number of rotatable bonds is 2. The van der Waals surface area contributed by atoms with Crippen molar-refractivity contribution in [1.82, 2.24) is 19.8 Å². The van der Waals surface area contributed by atoms with E-state index in [4.69, 9.17) is 4.42 Å². The molecule has 3 aromatic rings. The maximum absolute atomic E-state index is 12.7. The number of nitrogens with zero attached hydrogens (tertiary/aromatic N) is 3. The first-order valence-corrected chi connectivity index (χ1v) is 8.21. The number of aromatic nitrogens is 2. The number of oxazole rings is 1. The van der Waals surface area contributed by atoms with E-state index in [1.807, 2.05) is 0 Å². The van der Waals surface area contributed by atoms with E-state index in [-0.39, 0.29) is 11.8 Å². The number of nitrogens with one attached hydrogen (secondary N) is 1. The van der Waals surface area contributed by atoms with Crippen LogP contribution in [-0.4, -0.2) is 57.8 Å². The molecule has 0 bridgehead atoms. The zero-order valence-corrected chi connectivity index (χ0v) is 13.9. The number of aromatic amines is 1. The molecule has 7 nitrogen and oxygen atoms in total. The van der Waals surface area contributed by atoms with Gasteiger partial charge in [0.1, 0.15) is 11.2 Å². The molecule has 3 heterocycles. The summed E-state index contributed by atoms with van der Waals surface area (Å²) in [6.45, 7) is 3.86. The van der Waals surface area contributed by atoms with Crippen molar-refractivity contribution in [2.75, 3.05) is 26.2 Å². The molecule has 1 aliphatic rings. The summed E-state index contributed by atoms with van der Waals surface area (Å²) in [6, 6.07) is 8.84. The Morgan fingerprint density at radius 1 is 1.08 bits per heavy atom. The number of carbonyl (C=O) groups is 2. The molecular weight excluding hydrogens is 320 g/mol. The van der Waals surface area contributed by atoms with Gasteiger partial charge < -0.3 is 19.2 Å². The van der Waals surface area contributed by atoms with E-state index >= 15 is 0 Å². The molecule has 4 rings (SSSR count). The molecule has 1 aromatic carbocycles. The van der Waals surface area contributed by atoms with Gasteiger partial charge in [-0.15, -0.1) is 0 Å². The van der Waals surface area contributed by atoms with Gasteiger partial charge in [0.05, 0.1) is 0 Å². The van der Waals surface area contributed by atoms with Crippen LogP contribution < -0.4 is 0 Å². The molecule has 0 radical (unpaired) electrons. The molecule has 1 fully saturated rings. The predicted molar refractivity (Wildman–Crippen MR) is 91.3 cm³/mol. The Morgan fingerprint density at radius 2 is 1.80 bits per heavy atom. The Kier molecular flexibility index (Phi) is 3.76. The number of piperazine rings is 1. The SMILES string of the molecule is Cc1nc2cc(C(=O)N3CCN(C(=O)c4ccc[nH]4)CC3)ccc2o1. The molecule has 1 saturated heterocycles. The lowest BCUT2D eigenvalue weighted by atomic mass is 10.1. The van der Waals surface area contributed by atoms with Crippen LogP contribution >= 0.6 is 0 Å². The van der Waals surface area contributed by atoms with Crippen molar-refractivity contribution in [3.05, 3.63) is 53.7 Å². The van der Waals surface area contributed by atoms with Gasteiger partial charge >= 0.3 is 0 Å². The van der Waals surface area contributed by atoms with E-state index in [1.54, 1.807) is 53.3 Å². The summed E-state index contributed by atoms with van der Waals surface area (Å²) in [6.07, 6.45) is 1.73. The maximum atomic E-state index is 12.7. The van der Waals surface area contributed by atoms with Gasteiger partial charge in [-0.3, -0.25) is 9.59 Å². The van der Waals surface area contributed by atoms with Gasteiger partial charge in [-0.05, 0) is 30.3 Å². The van der Waals surface area contributed by atoms with E-state index in [0.29, 0.717) is 54.4 Å². The first-order chi connectivity index (χ1) is 12.1. The first kappa shape index (κ1) is 15.4. The number of benzene rings is 1. The molecule has 0 spiro atoms. The summed E-state index contributed by atoms with van der Waals surface area (Å²) in [5.41, 5.74) is 2.52. The van der Waals surface area contributed by atoms with Gasteiger partial charge in [0.2, 0.25) is 0 Å². The van der Waals surface area contributed by atoms with Gasteiger partial charge in [0, 0.05) is 44.9 Å². The number of hydrogen-bond acceptors (Lipinski definition) is 4. The third-order valence-electron chi connectivity index (χ3n) is 4.42.